The van der Waals surface area contributed by atoms with Crippen LogP contribution in [0.2, 0.25) is 0 Å². The number of nitrogens with one attached hydrogen (secondary N) is 1. The lowest BCUT2D eigenvalue weighted by atomic mass is 10.1. The molecule has 0 aromatic heterocycles. The van der Waals surface area contributed by atoms with Crippen LogP contribution in [0.1, 0.15) is 31.2 Å². The largest absolute Gasteiger partial charge is 0.341 e. The number of carbonyl (C=O) groups excluding carboxylic acids is 2. The van der Waals surface area contributed by atoms with Gasteiger partial charge < -0.3 is 4.84 Å². The highest BCUT2D eigenvalue weighted by Crippen LogP contribution is 2.07. The van der Waals surface area contributed by atoms with Gasteiger partial charge in [-0.2, -0.15) is 5.48 Å². The topological polar surface area (TPSA) is 55.4 Å². The number of amides is 1. The van der Waals surface area contributed by atoms with Crippen LogP contribution in [-0.4, -0.2) is 12.4 Å². The van der Waals surface area contributed by atoms with Gasteiger partial charge in [-0.15, -0.1) is 0 Å². The molecule has 0 fully saturated rings. The minimum Gasteiger partial charge on any atom is -0.341 e. The van der Waals surface area contributed by atoms with Crippen LogP contribution in [0.25, 0.3) is 0 Å². The molecule has 4 nitrogen and oxygen atoms in total. The van der Waals surface area contributed by atoms with Crippen LogP contribution in [0.4, 0.5) is 0 Å². The molecule has 4 heteroatoms. The Balaban J connectivity index is 2.01. The van der Waals surface area contributed by atoms with Crippen molar-refractivity contribution in [3.05, 3.63) is 35.9 Å². The summed E-state index contributed by atoms with van der Waals surface area (Å²) < 4.78 is 0. The highest BCUT2D eigenvalue weighted by Gasteiger charge is 2.01. The molecule has 0 heterocycles. The van der Waals surface area contributed by atoms with Crippen molar-refractivity contribution in [2.24, 2.45) is 0 Å². The van der Waals surface area contributed by atoms with Crippen LogP contribution in [0.15, 0.2) is 30.3 Å². The van der Waals surface area contributed by atoms with Crippen LogP contribution in [0.5, 0.6) is 0 Å². The van der Waals surface area contributed by atoms with Crippen molar-refractivity contribution in [3.63, 3.8) is 0 Å². The Morgan fingerprint density at radius 3 is 2.65 bits per heavy atom. The molecule has 1 amide bonds. The molecule has 1 N–H and O–H groups in total. The van der Waals surface area contributed by atoms with Crippen LogP contribution < -0.4 is 5.48 Å². The zero-order valence-corrected chi connectivity index (χ0v) is 9.72. The summed E-state index contributed by atoms with van der Waals surface area (Å²) in [5.74, 6) is -0.392. The maximum atomic E-state index is 11.0. The van der Waals surface area contributed by atoms with E-state index in [9.17, 15) is 9.59 Å². The number of hydrogen-bond acceptors (Lipinski definition) is 3. The van der Waals surface area contributed by atoms with Crippen LogP contribution >= 0.6 is 0 Å². The molecular weight excluding hydrogens is 218 g/mol. The molecule has 0 saturated heterocycles. The summed E-state index contributed by atoms with van der Waals surface area (Å²) in [7, 11) is 0. The summed E-state index contributed by atoms with van der Waals surface area (Å²) in [6, 6.07) is 10.2. The molecule has 0 saturated carbocycles. The van der Waals surface area contributed by atoms with Gasteiger partial charge in [0.2, 0.25) is 6.41 Å². The van der Waals surface area contributed by atoms with E-state index in [2.05, 4.69) is 17.0 Å². The average molecular weight is 235 g/mol. The fraction of sp³-hybridized carbons (Fsp3) is 0.385. The standard InChI is InChI=1S/C13H17NO3/c15-11-14-17-13(16)10-6-2-5-9-12-7-3-1-4-8-12/h1,3-4,7-8,11H,2,5-6,9-10H2,(H,14,15). The highest BCUT2D eigenvalue weighted by atomic mass is 16.7. The lowest BCUT2D eigenvalue weighted by Crippen LogP contribution is -2.17. The first-order chi connectivity index (χ1) is 8.33. The molecule has 0 spiro atoms. The summed E-state index contributed by atoms with van der Waals surface area (Å²) in [5, 5.41) is 0. The summed E-state index contributed by atoms with van der Waals surface area (Å²) in [6.07, 6.45) is 4.53. The Hall–Kier alpha value is -1.84. The molecule has 1 aromatic carbocycles. The second-order valence-corrected chi connectivity index (χ2v) is 3.76. The fourth-order valence-electron chi connectivity index (χ4n) is 1.56. The molecule has 0 aliphatic heterocycles. The second kappa shape index (κ2) is 8.33. The van der Waals surface area contributed by atoms with Gasteiger partial charge in [-0.25, -0.2) is 4.79 Å². The minimum atomic E-state index is -0.392. The van der Waals surface area contributed by atoms with Gasteiger partial charge >= 0.3 is 5.97 Å². The first kappa shape index (κ1) is 13.2. The summed E-state index contributed by atoms with van der Waals surface area (Å²) in [5.41, 5.74) is 3.20. The van der Waals surface area contributed by atoms with Crippen molar-refractivity contribution < 1.29 is 14.4 Å². The fourth-order valence-corrected chi connectivity index (χ4v) is 1.56. The minimum absolute atomic E-state index is 0.341. The molecular formula is C13H17NO3. The Bertz CT molecular complexity index is 338. The van der Waals surface area contributed by atoms with Crippen molar-refractivity contribution in [1.82, 2.24) is 5.48 Å². The van der Waals surface area contributed by atoms with E-state index in [1.54, 1.807) is 0 Å². The summed E-state index contributed by atoms with van der Waals surface area (Å²) >= 11 is 0. The lowest BCUT2D eigenvalue weighted by Gasteiger charge is -2.02. The monoisotopic (exact) mass is 235 g/mol. The molecule has 0 aliphatic rings. The van der Waals surface area contributed by atoms with E-state index < -0.39 is 5.97 Å². The van der Waals surface area contributed by atoms with Gasteiger partial charge in [0, 0.05) is 6.42 Å². The number of aryl methyl sites for hydroxylation is 1. The van der Waals surface area contributed by atoms with E-state index in [1.165, 1.54) is 5.56 Å². The van der Waals surface area contributed by atoms with E-state index in [4.69, 9.17) is 0 Å². The maximum absolute atomic E-state index is 11.0. The number of hydroxylamine groups is 1. The Labute approximate surface area is 101 Å². The van der Waals surface area contributed by atoms with Gasteiger partial charge in [0.05, 0.1) is 0 Å². The third-order valence-corrected chi connectivity index (χ3v) is 2.41. The molecule has 0 radical (unpaired) electrons. The summed E-state index contributed by atoms with van der Waals surface area (Å²) in [4.78, 5) is 25.2. The third kappa shape index (κ3) is 6.35. The molecule has 92 valence electrons. The number of carbonyl (C=O) groups is 2. The number of benzene rings is 1. The second-order valence-electron chi connectivity index (χ2n) is 3.76. The third-order valence-electron chi connectivity index (χ3n) is 2.41. The van der Waals surface area contributed by atoms with E-state index in [1.807, 2.05) is 23.7 Å². The van der Waals surface area contributed by atoms with Crippen LogP contribution in [-0.2, 0) is 20.8 Å². The van der Waals surface area contributed by atoms with Crippen molar-refractivity contribution >= 4 is 12.4 Å². The molecule has 0 aliphatic carbocycles. The molecule has 1 rings (SSSR count). The van der Waals surface area contributed by atoms with Gasteiger partial charge in [0.25, 0.3) is 0 Å². The van der Waals surface area contributed by atoms with Gasteiger partial charge in [0.15, 0.2) is 0 Å². The van der Waals surface area contributed by atoms with Crippen molar-refractivity contribution in [1.29, 1.82) is 0 Å². The Kier molecular flexibility index (Phi) is 6.48. The highest BCUT2D eigenvalue weighted by molar-refractivity contribution is 5.70. The quantitative estimate of drug-likeness (QED) is 0.426. The number of hydrogen-bond donors (Lipinski definition) is 1. The van der Waals surface area contributed by atoms with E-state index in [-0.39, 0.29) is 0 Å². The van der Waals surface area contributed by atoms with E-state index in [0.717, 1.165) is 25.7 Å². The first-order valence-corrected chi connectivity index (χ1v) is 5.75. The lowest BCUT2D eigenvalue weighted by molar-refractivity contribution is -0.154. The van der Waals surface area contributed by atoms with Crippen molar-refractivity contribution in [3.8, 4) is 0 Å². The van der Waals surface area contributed by atoms with Gasteiger partial charge in [0.1, 0.15) is 0 Å². The Morgan fingerprint density at radius 2 is 1.94 bits per heavy atom. The SMILES string of the molecule is O=CNOC(=O)CCCCCc1ccccc1. The predicted octanol–water partition coefficient (Wildman–Crippen LogP) is 1.99. The van der Waals surface area contributed by atoms with E-state index >= 15 is 0 Å². The van der Waals surface area contributed by atoms with Gasteiger partial charge in [-0.05, 0) is 24.8 Å². The zero-order valence-electron chi connectivity index (χ0n) is 9.72. The molecule has 0 bridgehead atoms. The van der Waals surface area contributed by atoms with Crippen molar-refractivity contribution in [2.75, 3.05) is 0 Å². The average Bonchev–Trinajstić information content (AvgIpc) is 2.37. The maximum Gasteiger partial charge on any atom is 0.332 e. The number of rotatable bonds is 8. The predicted molar refractivity (Wildman–Crippen MR) is 63.9 cm³/mol. The van der Waals surface area contributed by atoms with Crippen LogP contribution in [0, 0.1) is 0 Å². The first-order valence-electron chi connectivity index (χ1n) is 5.75. The van der Waals surface area contributed by atoms with Crippen LogP contribution in [0.3, 0.4) is 0 Å². The Morgan fingerprint density at radius 1 is 1.18 bits per heavy atom. The van der Waals surface area contributed by atoms with Gasteiger partial charge in [-0.3, -0.25) is 4.79 Å². The smallest absolute Gasteiger partial charge is 0.332 e. The number of unbranched alkanes of at least 4 members (excludes halogenated alkanes) is 2. The van der Waals surface area contributed by atoms with Crippen molar-refractivity contribution in [2.45, 2.75) is 32.1 Å². The molecule has 0 atom stereocenters. The molecule has 1 aromatic rings. The summed E-state index contributed by atoms with van der Waals surface area (Å²) in [6.45, 7) is 0. The molecule has 0 unspecified atom stereocenters. The molecule has 17 heavy (non-hydrogen) atoms. The zero-order chi connectivity index (χ0) is 12.3. The van der Waals surface area contributed by atoms with E-state index in [0.29, 0.717) is 12.8 Å². The normalized spacial score (nSPS) is 9.65. The van der Waals surface area contributed by atoms with Gasteiger partial charge in [-0.1, -0.05) is 36.8 Å².